The number of aromatic nitrogens is 2. The van der Waals surface area contributed by atoms with Gasteiger partial charge < -0.3 is 14.6 Å². The largest absolute Gasteiger partial charge is 0.392 e. The first-order valence-electron chi connectivity index (χ1n) is 12.5. The fourth-order valence-corrected chi connectivity index (χ4v) is 6.39. The van der Waals surface area contributed by atoms with Crippen molar-refractivity contribution in [3.8, 4) is 0 Å². The van der Waals surface area contributed by atoms with Crippen LogP contribution in [-0.4, -0.2) is 35.3 Å². The summed E-state index contributed by atoms with van der Waals surface area (Å²) in [6.07, 6.45) is 2.34. The molecule has 3 aromatic carbocycles. The van der Waals surface area contributed by atoms with Crippen LogP contribution in [0.5, 0.6) is 0 Å². The van der Waals surface area contributed by atoms with Gasteiger partial charge in [-0.1, -0.05) is 73.3 Å². The van der Waals surface area contributed by atoms with Gasteiger partial charge in [-0.15, -0.1) is 0 Å². The van der Waals surface area contributed by atoms with E-state index in [2.05, 4.69) is 21.6 Å². The molecule has 1 aromatic heterocycles. The smallest absolute Gasteiger partial charge is 0.261 e. The second kappa shape index (κ2) is 12.3. The van der Waals surface area contributed by atoms with Gasteiger partial charge in [0.05, 0.1) is 23.7 Å². The van der Waals surface area contributed by atoms with Crippen LogP contribution >= 0.6 is 11.8 Å². The third-order valence-electron chi connectivity index (χ3n) is 6.53. The van der Waals surface area contributed by atoms with Crippen LogP contribution in [0.25, 0.3) is 0 Å². The van der Waals surface area contributed by atoms with E-state index < -0.39 is 16.3 Å². The lowest BCUT2D eigenvalue weighted by molar-refractivity contribution is -0.268. The molecule has 5 rings (SSSR count). The fraction of sp³-hybridized carbons (Fsp3) is 0.241. The number of ether oxygens (including phenoxy) is 2. The molecule has 0 saturated carbocycles. The monoisotopic (exact) mass is 563 g/mol. The molecular formula is C29H29N3O5S2. The molecule has 2 heterocycles. The number of nitrogens with zero attached hydrogens (tertiary/aromatic N) is 2. The molecule has 39 heavy (non-hydrogen) atoms. The van der Waals surface area contributed by atoms with Crippen molar-refractivity contribution in [2.24, 2.45) is 5.92 Å². The zero-order valence-electron chi connectivity index (χ0n) is 21.3. The summed E-state index contributed by atoms with van der Waals surface area (Å²) in [5.74, 6) is 0.653. The summed E-state index contributed by atoms with van der Waals surface area (Å²) in [4.78, 5) is 8.81. The lowest BCUT2D eigenvalue weighted by atomic mass is 9.91. The average molecular weight is 564 g/mol. The first-order valence-corrected chi connectivity index (χ1v) is 15.0. The number of anilines is 1. The summed E-state index contributed by atoms with van der Waals surface area (Å²) < 4.78 is 41.0. The van der Waals surface area contributed by atoms with Gasteiger partial charge in [0.15, 0.2) is 11.4 Å². The van der Waals surface area contributed by atoms with Crippen molar-refractivity contribution in [2.45, 2.75) is 42.1 Å². The third kappa shape index (κ3) is 6.66. The molecule has 4 aromatic rings. The number of benzene rings is 3. The first-order chi connectivity index (χ1) is 18.9. The summed E-state index contributed by atoms with van der Waals surface area (Å²) in [5, 5.41) is 10.1. The summed E-state index contributed by atoms with van der Waals surface area (Å²) in [7, 11) is -3.70. The van der Waals surface area contributed by atoms with Crippen molar-refractivity contribution in [1.82, 2.24) is 9.97 Å². The molecule has 0 aliphatic carbocycles. The SMILES string of the molecule is CC1C(CSc2ncccn2)OC(c2ccc(NS(=O)(=O)c3ccccc3)cc2)OC1c1ccc(CO)cc1. The summed E-state index contributed by atoms with van der Waals surface area (Å²) >= 11 is 1.53. The van der Waals surface area contributed by atoms with Gasteiger partial charge in [0, 0.05) is 35.3 Å². The minimum absolute atomic E-state index is 0.0226. The van der Waals surface area contributed by atoms with Crippen LogP contribution in [0.15, 0.2) is 107 Å². The Balaban J connectivity index is 1.36. The van der Waals surface area contributed by atoms with E-state index in [4.69, 9.17) is 9.47 Å². The molecule has 0 spiro atoms. The van der Waals surface area contributed by atoms with Crippen molar-refractivity contribution in [2.75, 3.05) is 10.5 Å². The molecular weight excluding hydrogens is 534 g/mol. The minimum atomic E-state index is -3.70. The van der Waals surface area contributed by atoms with E-state index in [0.29, 0.717) is 16.6 Å². The maximum absolute atomic E-state index is 12.7. The van der Waals surface area contributed by atoms with Crippen LogP contribution in [0.3, 0.4) is 0 Å². The molecule has 0 radical (unpaired) electrons. The zero-order valence-corrected chi connectivity index (χ0v) is 22.9. The molecule has 1 aliphatic heterocycles. The molecule has 4 atom stereocenters. The van der Waals surface area contributed by atoms with E-state index in [1.807, 2.05) is 24.3 Å². The van der Waals surface area contributed by atoms with Crippen LogP contribution in [0.1, 0.15) is 36.0 Å². The third-order valence-corrected chi connectivity index (χ3v) is 8.89. The number of thioether (sulfide) groups is 1. The highest BCUT2D eigenvalue weighted by atomic mass is 32.2. The fourth-order valence-electron chi connectivity index (χ4n) is 4.35. The number of sulfonamides is 1. The van der Waals surface area contributed by atoms with Crippen molar-refractivity contribution in [1.29, 1.82) is 0 Å². The van der Waals surface area contributed by atoms with Gasteiger partial charge in [0.25, 0.3) is 10.0 Å². The molecule has 1 saturated heterocycles. The Kier molecular flexibility index (Phi) is 8.59. The number of nitrogens with one attached hydrogen (secondary N) is 1. The number of aliphatic hydroxyl groups excluding tert-OH is 1. The van der Waals surface area contributed by atoms with Crippen LogP contribution < -0.4 is 4.72 Å². The predicted molar refractivity (Wildman–Crippen MR) is 149 cm³/mol. The van der Waals surface area contributed by atoms with Crippen LogP contribution in [0.4, 0.5) is 5.69 Å². The molecule has 1 fully saturated rings. The zero-order chi connectivity index (χ0) is 27.2. The number of rotatable bonds is 9. The molecule has 4 unspecified atom stereocenters. The number of hydrogen-bond acceptors (Lipinski definition) is 8. The van der Waals surface area contributed by atoms with Crippen LogP contribution in [0, 0.1) is 5.92 Å². The lowest BCUT2D eigenvalue weighted by Crippen LogP contribution is -2.38. The molecule has 8 nitrogen and oxygen atoms in total. The van der Waals surface area contributed by atoms with E-state index in [0.717, 1.165) is 16.7 Å². The van der Waals surface area contributed by atoms with Gasteiger partial charge in [-0.2, -0.15) is 0 Å². The molecule has 10 heteroatoms. The lowest BCUT2D eigenvalue weighted by Gasteiger charge is -2.41. The van der Waals surface area contributed by atoms with Crippen molar-refractivity contribution in [3.63, 3.8) is 0 Å². The van der Waals surface area contributed by atoms with Crippen molar-refractivity contribution >= 4 is 27.5 Å². The van der Waals surface area contributed by atoms with E-state index >= 15 is 0 Å². The number of hydrogen-bond donors (Lipinski definition) is 2. The van der Waals surface area contributed by atoms with Crippen LogP contribution in [-0.2, 0) is 26.1 Å². The Morgan fingerprint density at radius 3 is 2.21 bits per heavy atom. The normalized spacial score (nSPS) is 21.4. The van der Waals surface area contributed by atoms with Crippen LogP contribution in [0.2, 0.25) is 0 Å². The topological polar surface area (TPSA) is 111 Å². The Morgan fingerprint density at radius 1 is 0.872 bits per heavy atom. The van der Waals surface area contributed by atoms with E-state index in [-0.39, 0.29) is 29.6 Å². The summed E-state index contributed by atoms with van der Waals surface area (Å²) in [5.41, 5.74) is 3.03. The van der Waals surface area contributed by atoms with E-state index in [9.17, 15) is 13.5 Å². The van der Waals surface area contributed by atoms with Gasteiger partial charge in [-0.25, -0.2) is 18.4 Å². The van der Waals surface area contributed by atoms with E-state index in [1.165, 1.54) is 11.8 Å². The van der Waals surface area contributed by atoms with Gasteiger partial charge in [0.1, 0.15) is 0 Å². The summed E-state index contributed by atoms with van der Waals surface area (Å²) in [6, 6.07) is 24.8. The first kappa shape index (κ1) is 27.3. The van der Waals surface area contributed by atoms with Gasteiger partial charge >= 0.3 is 0 Å². The highest BCUT2D eigenvalue weighted by molar-refractivity contribution is 7.99. The second-order valence-corrected chi connectivity index (χ2v) is 11.9. The molecule has 1 aliphatic rings. The predicted octanol–water partition coefficient (Wildman–Crippen LogP) is 5.35. The minimum Gasteiger partial charge on any atom is -0.392 e. The Morgan fingerprint density at radius 2 is 1.54 bits per heavy atom. The molecule has 0 bridgehead atoms. The van der Waals surface area contributed by atoms with Gasteiger partial charge in [-0.05, 0) is 41.5 Å². The molecule has 0 amide bonds. The van der Waals surface area contributed by atoms with Crippen molar-refractivity contribution < 1.29 is 23.0 Å². The second-order valence-electron chi connectivity index (χ2n) is 9.20. The van der Waals surface area contributed by atoms with Gasteiger partial charge in [-0.3, -0.25) is 4.72 Å². The highest BCUT2D eigenvalue weighted by Crippen LogP contribution is 2.43. The number of aliphatic hydroxyl groups is 1. The van der Waals surface area contributed by atoms with Gasteiger partial charge in [0.2, 0.25) is 0 Å². The Hall–Kier alpha value is -3.28. The van der Waals surface area contributed by atoms with Crippen molar-refractivity contribution in [3.05, 3.63) is 114 Å². The molecule has 202 valence electrons. The average Bonchev–Trinajstić information content (AvgIpc) is 2.98. The molecule has 2 N–H and O–H groups in total. The summed E-state index contributed by atoms with van der Waals surface area (Å²) in [6.45, 7) is 2.07. The maximum Gasteiger partial charge on any atom is 0.261 e. The quantitative estimate of drug-likeness (QED) is 0.207. The maximum atomic E-state index is 12.7. The highest BCUT2D eigenvalue weighted by Gasteiger charge is 2.38. The standard InChI is InChI=1S/C29H29N3O5S2/c1-20-26(19-38-29-30-16-5-17-31-29)36-28(37-27(20)22-10-8-21(18-33)9-11-22)23-12-14-24(15-13-23)32-39(34,35)25-6-3-2-4-7-25/h2-17,20,26-28,32-33H,18-19H2,1H3. The van der Waals surface area contributed by atoms with E-state index in [1.54, 1.807) is 73.1 Å². The Bertz CT molecular complexity index is 1450. The Labute approximate surface area is 232 Å².